The Morgan fingerprint density at radius 1 is 1.23 bits per heavy atom. The molecule has 0 bridgehead atoms. The van der Waals surface area contributed by atoms with E-state index in [0.717, 1.165) is 37.1 Å². The van der Waals surface area contributed by atoms with Crippen molar-refractivity contribution < 1.29 is 8.81 Å². The van der Waals surface area contributed by atoms with Crippen molar-refractivity contribution in [2.45, 2.75) is 57.2 Å². The van der Waals surface area contributed by atoms with Crippen LogP contribution in [0, 0.1) is 5.82 Å². The number of hydrogen-bond donors (Lipinski definition) is 0. The Balaban J connectivity index is 1.53. The van der Waals surface area contributed by atoms with Crippen LogP contribution in [0.1, 0.15) is 61.9 Å². The van der Waals surface area contributed by atoms with Gasteiger partial charge in [0.1, 0.15) is 5.82 Å². The second-order valence-corrected chi connectivity index (χ2v) is 6.41. The van der Waals surface area contributed by atoms with Crippen molar-refractivity contribution in [2.24, 2.45) is 0 Å². The normalized spacial score (nSPS) is 19.6. The van der Waals surface area contributed by atoms with Crippen LogP contribution in [-0.4, -0.2) is 21.1 Å². The van der Waals surface area contributed by atoms with Crippen LogP contribution >= 0.6 is 0 Å². The van der Waals surface area contributed by atoms with Crippen LogP contribution in [0.2, 0.25) is 0 Å². The second-order valence-electron chi connectivity index (χ2n) is 6.41. The summed E-state index contributed by atoms with van der Waals surface area (Å²) in [7, 11) is 0. The number of benzene rings is 1. The minimum absolute atomic E-state index is 0.00461. The molecule has 4 nitrogen and oxygen atoms in total. The fourth-order valence-electron chi connectivity index (χ4n) is 2.96. The maximum absolute atomic E-state index is 14.1. The van der Waals surface area contributed by atoms with Gasteiger partial charge in [0.2, 0.25) is 11.8 Å². The summed E-state index contributed by atoms with van der Waals surface area (Å²) in [5, 5.41) is 8.32. The molecular formula is C17H20FN3O. The zero-order valence-electron chi connectivity index (χ0n) is 12.7. The van der Waals surface area contributed by atoms with Gasteiger partial charge < -0.3 is 4.42 Å². The molecule has 2 aliphatic rings. The van der Waals surface area contributed by atoms with Gasteiger partial charge in [-0.2, -0.15) is 0 Å². The second kappa shape index (κ2) is 5.47. The third kappa shape index (κ3) is 2.77. The molecule has 0 radical (unpaired) electrons. The average molecular weight is 301 g/mol. The Kier molecular flexibility index (Phi) is 3.45. The molecule has 0 saturated heterocycles. The molecule has 2 fully saturated rings. The maximum Gasteiger partial charge on any atom is 0.230 e. The smallest absolute Gasteiger partial charge is 0.230 e. The van der Waals surface area contributed by atoms with Gasteiger partial charge in [-0.3, -0.25) is 4.90 Å². The number of rotatable bonds is 6. The van der Waals surface area contributed by atoms with Gasteiger partial charge in [-0.25, -0.2) is 4.39 Å². The third-order valence-corrected chi connectivity index (χ3v) is 4.60. The third-order valence-electron chi connectivity index (χ3n) is 4.60. The van der Waals surface area contributed by atoms with Crippen LogP contribution in [0.15, 0.2) is 28.7 Å². The largest absolute Gasteiger partial charge is 0.424 e. The Morgan fingerprint density at radius 2 is 2.00 bits per heavy atom. The first-order valence-corrected chi connectivity index (χ1v) is 8.05. The van der Waals surface area contributed by atoms with Crippen molar-refractivity contribution in [1.29, 1.82) is 0 Å². The van der Waals surface area contributed by atoms with Gasteiger partial charge in [0, 0.05) is 23.6 Å². The fraction of sp³-hybridized carbons (Fsp3) is 0.529. The molecule has 0 amide bonds. The number of nitrogens with zero attached hydrogens (tertiary/aromatic N) is 3. The SMILES string of the molecule is C[C@@H](c1ccccc1F)N(Cc1nnc(C2CC2)o1)C1CC1. The Hall–Kier alpha value is -1.75. The molecule has 1 atom stereocenters. The molecule has 1 aromatic carbocycles. The molecule has 1 heterocycles. The van der Waals surface area contributed by atoms with Crippen LogP contribution in [-0.2, 0) is 6.54 Å². The van der Waals surface area contributed by atoms with Crippen LogP contribution in [0.5, 0.6) is 0 Å². The van der Waals surface area contributed by atoms with E-state index in [9.17, 15) is 4.39 Å². The Labute approximate surface area is 129 Å². The van der Waals surface area contributed by atoms with E-state index in [2.05, 4.69) is 22.0 Å². The van der Waals surface area contributed by atoms with Gasteiger partial charge in [0.25, 0.3) is 0 Å². The number of halogens is 1. The predicted molar refractivity (Wildman–Crippen MR) is 79.7 cm³/mol. The van der Waals surface area contributed by atoms with Crippen LogP contribution < -0.4 is 0 Å². The summed E-state index contributed by atoms with van der Waals surface area (Å²) in [6, 6.07) is 7.49. The minimum Gasteiger partial charge on any atom is -0.424 e. The lowest BCUT2D eigenvalue weighted by Crippen LogP contribution is -2.29. The van der Waals surface area contributed by atoms with Gasteiger partial charge in [0.15, 0.2) is 0 Å². The molecule has 0 spiro atoms. The van der Waals surface area contributed by atoms with Gasteiger partial charge in [-0.05, 0) is 38.7 Å². The lowest BCUT2D eigenvalue weighted by molar-refractivity contribution is 0.168. The van der Waals surface area contributed by atoms with Crippen LogP contribution in [0.25, 0.3) is 0 Å². The van der Waals surface area contributed by atoms with Crippen molar-refractivity contribution >= 4 is 0 Å². The summed E-state index contributed by atoms with van der Waals surface area (Å²) >= 11 is 0. The van der Waals surface area contributed by atoms with Gasteiger partial charge in [0.05, 0.1) is 6.54 Å². The molecule has 2 aromatic rings. The van der Waals surface area contributed by atoms with Crippen molar-refractivity contribution in [1.82, 2.24) is 15.1 Å². The molecule has 0 unspecified atom stereocenters. The van der Waals surface area contributed by atoms with Gasteiger partial charge in [-0.1, -0.05) is 18.2 Å². The Bertz CT molecular complexity index is 663. The van der Waals surface area contributed by atoms with E-state index in [1.165, 1.54) is 6.07 Å². The summed E-state index contributed by atoms with van der Waals surface area (Å²) in [4.78, 5) is 2.28. The van der Waals surface area contributed by atoms with Crippen LogP contribution in [0.4, 0.5) is 4.39 Å². The Morgan fingerprint density at radius 3 is 2.68 bits per heavy atom. The summed E-state index contributed by atoms with van der Waals surface area (Å²) < 4.78 is 19.8. The van der Waals surface area contributed by atoms with E-state index in [4.69, 9.17) is 4.42 Å². The quantitative estimate of drug-likeness (QED) is 0.813. The molecule has 2 saturated carbocycles. The summed E-state index contributed by atoms with van der Waals surface area (Å²) in [5.41, 5.74) is 0.733. The molecule has 0 aliphatic heterocycles. The van der Waals surface area contributed by atoms with Crippen molar-refractivity contribution in [3.63, 3.8) is 0 Å². The summed E-state index contributed by atoms with van der Waals surface area (Å²) in [6.07, 6.45) is 4.62. The monoisotopic (exact) mass is 301 g/mol. The lowest BCUT2D eigenvalue weighted by atomic mass is 10.1. The van der Waals surface area contributed by atoms with Gasteiger partial charge >= 0.3 is 0 Å². The van der Waals surface area contributed by atoms with Crippen molar-refractivity contribution in [3.05, 3.63) is 47.4 Å². The van der Waals surface area contributed by atoms with E-state index in [1.54, 1.807) is 6.07 Å². The first kappa shape index (κ1) is 13.9. The highest BCUT2D eigenvalue weighted by molar-refractivity contribution is 5.21. The van der Waals surface area contributed by atoms with E-state index in [0.29, 0.717) is 24.4 Å². The molecule has 5 heteroatoms. The highest BCUT2D eigenvalue weighted by atomic mass is 19.1. The maximum atomic E-state index is 14.1. The summed E-state index contributed by atoms with van der Waals surface area (Å²) in [5.74, 6) is 1.74. The molecule has 116 valence electrons. The van der Waals surface area contributed by atoms with Gasteiger partial charge in [-0.15, -0.1) is 10.2 Å². The van der Waals surface area contributed by atoms with Crippen molar-refractivity contribution in [3.8, 4) is 0 Å². The fourth-order valence-corrected chi connectivity index (χ4v) is 2.96. The average Bonchev–Trinajstić information content (AvgIpc) is 3.44. The highest BCUT2D eigenvalue weighted by Gasteiger charge is 2.35. The number of hydrogen-bond acceptors (Lipinski definition) is 4. The van der Waals surface area contributed by atoms with E-state index >= 15 is 0 Å². The lowest BCUT2D eigenvalue weighted by Gasteiger charge is -2.28. The molecular weight excluding hydrogens is 281 g/mol. The first-order valence-electron chi connectivity index (χ1n) is 8.05. The predicted octanol–water partition coefficient (Wildman–Crippen LogP) is 3.81. The standard InChI is InChI=1S/C17H20FN3O/c1-11(14-4-2-3-5-15(14)18)21(13-8-9-13)10-16-19-20-17(22-16)12-6-7-12/h2-5,11-13H,6-10H2,1H3/t11-/m0/s1. The van der Waals surface area contributed by atoms with E-state index < -0.39 is 0 Å². The van der Waals surface area contributed by atoms with E-state index in [1.807, 2.05) is 12.1 Å². The summed E-state index contributed by atoms with van der Waals surface area (Å²) in [6.45, 7) is 2.65. The minimum atomic E-state index is -0.148. The molecule has 1 aromatic heterocycles. The van der Waals surface area contributed by atoms with Crippen molar-refractivity contribution in [2.75, 3.05) is 0 Å². The van der Waals surface area contributed by atoms with Crippen LogP contribution in [0.3, 0.4) is 0 Å². The molecule has 0 N–H and O–H groups in total. The number of aromatic nitrogens is 2. The molecule has 22 heavy (non-hydrogen) atoms. The molecule has 2 aliphatic carbocycles. The first-order chi connectivity index (χ1) is 10.7. The highest BCUT2D eigenvalue weighted by Crippen LogP contribution is 2.40. The zero-order valence-corrected chi connectivity index (χ0v) is 12.7. The zero-order chi connectivity index (χ0) is 15.1. The molecule has 4 rings (SSSR count). The topological polar surface area (TPSA) is 42.2 Å². The van der Waals surface area contributed by atoms with E-state index in [-0.39, 0.29) is 11.9 Å².